The van der Waals surface area contributed by atoms with E-state index in [-0.39, 0.29) is 31.1 Å². The molecule has 1 unspecified atom stereocenters. The topological polar surface area (TPSA) is 78.9 Å². The zero-order valence-electron chi connectivity index (χ0n) is 52.9. The van der Waals surface area contributed by atoms with Crippen molar-refractivity contribution in [1.82, 2.24) is 0 Å². The van der Waals surface area contributed by atoms with Crippen LogP contribution in [0.5, 0.6) is 0 Å². The standard InChI is InChI=1S/C76H122O6/c1-4-7-10-13-16-19-22-25-28-30-32-34-36-38-40-42-44-46-48-51-54-57-60-63-66-69-75(78)81-72-73(71-80-74(77)68-65-62-59-56-53-50-27-24-21-18-15-12-9-6-3)82-76(79)70-67-64-61-58-55-52-49-47-45-43-41-39-37-35-33-31-29-26-23-20-17-14-11-8-5-2/h7-8,10-11,15-20,24-29,32-35,38,40,44,46,51,54,73H,4-6,9,12-14,21-23,30-31,36-37,39,41-43,45,47-50,52-53,55-72H2,1-3H3/b10-7-,11-8-,18-15-,19-16-,20-17-,27-24-,28-25-,29-26-,34-32-,35-33-,40-38-,46-44-,54-51-. The van der Waals surface area contributed by atoms with Crippen LogP contribution in [-0.4, -0.2) is 37.2 Å². The van der Waals surface area contributed by atoms with Crippen molar-refractivity contribution in [2.24, 2.45) is 0 Å². The van der Waals surface area contributed by atoms with Crippen molar-refractivity contribution in [1.29, 1.82) is 0 Å². The predicted molar refractivity (Wildman–Crippen MR) is 357 cm³/mol. The Morgan fingerprint density at radius 1 is 0.256 bits per heavy atom. The molecule has 0 amide bonds. The second-order valence-corrected chi connectivity index (χ2v) is 21.6. The van der Waals surface area contributed by atoms with Crippen LogP contribution in [0, 0.1) is 0 Å². The largest absolute Gasteiger partial charge is 0.462 e. The van der Waals surface area contributed by atoms with Gasteiger partial charge in [0.25, 0.3) is 0 Å². The van der Waals surface area contributed by atoms with E-state index in [1.54, 1.807) is 0 Å². The molecule has 0 fully saturated rings. The summed E-state index contributed by atoms with van der Waals surface area (Å²) in [5.41, 5.74) is 0. The van der Waals surface area contributed by atoms with Gasteiger partial charge in [-0.1, -0.05) is 281 Å². The Labute approximate surface area is 505 Å². The van der Waals surface area contributed by atoms with Crippen LogP contribution in [0.1, 0.15) is 284 Å². The zero-order chi connectivity index (χ0) is 59.2. The fourth-order valence-electron chi connectivity index (χ4n) is 8.78. The molecule has 0 aliphatic carbocycles. The lowest BCUT2D eigenvalue weighted by Gasteiger charge is -2.18. The highest BCUT2D eigenvalue weighted by atomic mass is 16.6. The molecule has 0 bridgehead atoms. The molecule has 0 heterocycles. The van der Waals surface area contributed by atoms with E-state index < -0.39 is 6.10 Å². The van der Waals surface area contributed by atoms with Crippen molar-refractivity contribution in [3.63, 3.8) is 0 Å². The summed E-state index contributed by atoms with van der Waals surface area (Å²) in [6.07, 6.45) is 99.6. The van der Waals surface area contributed by atoms with Crippen molar-refractivity contribution in [2.75, 3.05) is 13.2 Å². The second kappa shape index (κ2) is 68.5. The average Bonchev–Trinajstić information content (AvgIpc) is 3.47. The van der Waals surface area contributed by atoms with Crippen LogP contribution < -0.4 is 0 Å². The van der Waals surface area contributed by atoms with Gasteiger partial charge >= 0.3 is 17.9 Å². The Morgan fingerprint density at radius 2 is 0.476 bits per heavy atom. The van der Waals surface area contributed by atoms with Crippen LogP contribution in [0.4, 0.5) is 0 Å². The lowest BCUT2D eigenvalue weighted by molar-refractivity contribution is -0.167. The lowest BCUT2D eigenvalue weighted by Crippen LogP contribution is -2.30. The van der Waals surface area contributed by atoms with Gasteiger partial charge in [0.15, 0.2) is 6.10 Å². The van der Waals surface area contributed by atoms with Gasteiger partial charge in [0, 0.05) is 19.3 Å². The number of esters is 3. The maximum Gasteiger partial charge on any atom is 0.306 e. The van der Waals surface area contributed by atoms with Crippen molar-refractivity contribution in [2.45, 2.75) is 290 Å². The third-order valence-electron chi connectivity index (χ3n) is 13.7. The molecule has 0 rings (SSSR count). The van der Waals surface area contributed by atoms with E-state index in [4.69, 9.17) is 14.2 Å². The maximum absolute atomic E-state index is 12.9. The third-order valence-corrected chi connectivity index (χ3v) is 13.7. The minimum atomic E-state index is -0.808. The summed E-state index contributed by atoms with van der Waals surface area (Å²) in [6.45, 7) is 6.34. The molecular weight excluding hydrogens is 1010 g/mol. The first-order valence-corrected chi connectivity index (χ1v) is 33.5. The van der Waals surface area contributed by atoms with Gasteiger partial charge in [-0.2, -0.15) is 0 Å². The van der Waals surface area contributed by atoms with Crippen molar-refractivity contribution in [3.05, 3.63) is 158 Å². The van der Waals surface area contributed by atoms with E-state index in [1.807, 2.05) is 0 Å². The number of carbonyl (C=O) groups excluding carboxylic acids is 3. The molecule has 6 heteroatoms. The number of unbranched alkanes of at least 4 members (excludes halogenated alkanes) is 22. The summed E-state index contributed by atoms with van der Waals surface area (Å²) < 4.78 is 16.9. The highest BCUT2D eigenvalue weighted by molar-refractivity contribution is 5.71. The molecule has 0 saturated heterocycles. The van der Waals surface area contributed by atoms with Gasteiger partial charge in [-0.15, -0.1) is 0 Å². The van der Waals surface area contributed by atoms with Crippen molar-refractivity contribution < 1.29 is 28.6 Å². The molecule has 0 saturated carbocycles. The number of carbonyl (C=O) groups is 3. The van der Waals surface area contributed by atoms with E-state index in [0.717, 1.165) is 161 Å². The molecule has 0 spiro atoms. The first-order valence-electron chi connectivity index (χ1n) is 33.5. The van der Waals surface area contributed by atoms with Crippen LogP contribution in [0.3, 0.4) is 0 Å². The van der Waals surface area contributed by atoms with Crippen LogP contribution in [-0.2, 0) is 28.6 Å². The third kappa shape index (κ3) is 65.8. The minimum absolute atomic E-state index is 0.102. The maximum atomic E-state index is 12.9. The Bertz CT molecular complexity index is 1830. The number of rotatable bonds is 59. The first-order chi connectivity index (χ1) is 40.5. The Morgan fingerprint density at radius 3 is 0.756 bits per heavy atom. The lowest BCUT2D eigenvalue weighted by atomic mass is 10.0. The quantitative estimate of drug-likeness (QED) is 0.0261. The molecule has 1 atom stereocenters. The van der Waals surface area contributed by atoms with E-state index >= 15 is 0 Å². The molecule has 82 heavy (non-hydrogen) atoms. The van der Waals surface area contributed by atoms with Gasteiger partial charge in [0.1, 0.15) is 13.2 Å². The summed E-state index contributed by atoms with van der Waals surface area (Å²) >= 11 is 0. The molecule has 0 aromatic carbocycles. The zero-order valence-corrected chi connectivity index (χ0v) is 52.9. The number of hydrogen-bond acceptors (Lipinski definition) is 6. The summed E-state index contributed by atoms with van der Waals surface area (Å²) in [7, 11) is 0. The minimum Gasteiger partial charge on any atom is -0.462 e. The average molecular weight is 1130 g/mol. The molecule has 6 nitrogen and oxygen atoms in total. The van der Waals surface area contributed by atoms with Gasteiger partial charge in [-0.05, 0) is 141 Å². The van der Waals surface area contributed by atoms with Gasteiger partial charge < -0.3 is 14.2 Å². The van der Waals surface area contributed by atoms with Crippen LogP contribution in [0.15, 0.2) is 158 Å². The van der Waals surface area contributed by atoms with Crippen molar-refractivity contribution >= 4 is 17.9 Å². The van der Waals surface area contributed by atoms with E-state index in [2.05, 4.69) is 179 Å². The van der Waals surface area contributed by atoms with Crippen LogP contribution >= 0.6 is 0 Å². The molecule has 0 N–H and O–H groups in total. The highest BCUT2D eigenvalue weighted by Crippen LogP contribution is 2.15. The molecule has 0 aromatic rings. The fraction of sp³-hybridized carbons (Fsp3) is 0.618. The smallest absolute Gasteiger partial charge is 0.306 e. The predicted octanol–water partition coefficient (Wildman–Crippen LogP) is 23.3. The fourth-order valence-corrected chi connectivity index (χ4v) is 8.78. The van der Waals surface area contributed by atoms with E-state index in [0.29, 0.717) is 19.3 Å². The SMILES string of the molecule is CC/C=C\C/C=C\C/C=C\C/C=C\C/C=C\C/C=C\C/C=C\CCCCCC(=O)OCC(COC(=O)CCCCCCC/C=C\C/C=C\CCCC)OC(=O)CCCCCCCCCCCCCC/C=C\C/C=C\C/C=C\C/C=C\CC. The monoisotopic (exact) mass is 1130 g/mol. The Balaban J connectivity index is 4.44. The van der Waals surface area contributed by atoms with E-state index in [1.165, 1.54) is 83.5 Å². The number of hydrogen-bond donors (Lipinski definition) is 0. The van der Waals surface area contributed by atoms with Crippen LogP contribution in [0.2, 0.25) is 0 Å². The van der Waals surface area contributed by atoms with Gasteiger partial charge in [-0.25, -0.2) is 0 Å². The van der Waals surface area contributed by atoms with Crippen LogP contribution in [0.25, 0.3) is 0 Å². The van der Waals surface area contributed by atoms with Crippen molar-refractivity contribution in [3.8, 4) is 0 Å². The van der Waals surface area contributed by atoms with Gasteiger partial charge in [0.2, 0.25) is 0 Å². The summed E-state index contributed by atoms with van der Waals surface area (Å²) in [4.78, 5) is 38.4. The molecule has 0 radical (unpaired) electrons. The number of allylic oxidation sites excluding steroid dienone is 26. The van der Waals surface area contributed by atoms with Gasteiger partial charge in [-0.3, -0.25) is 14.4 Å². The summed E-state index contributed by atoms with van der Waals surface area (Å²) in [6, 6.07) is 0. The molecule has 0 aliphatic heterocycles. The van der Waals surface area contributed by atoms with Gasteiger partial charge in [0.05, 0.1) is 0 Å². The summed E-state index contributed by atoms with van der Waals surface area (Å²) in [5.74, 6) is -0.950. The molecular formula is C76H122O6. The first kappa shape index (κ1) is 77.0. The Hall–Kier alpha value is -4.97. The second-order valence-electron chi connectivity index (χ2n) is 21.6. The normalized spacial score (nSPS) is 13.2. The number of ether oxygens (including phenoxy) is 3. The Kier molecular flexibility index (Phi) is 64.4. The molecule has 0 aliphatic rings. The highest BCUT2D eigenvalue weighted by Gasteiger charge is 2.19. The molecule has 462 valence electrons. The molecule has 0 aromatic heterocycles. The summed E-state index contributed by atoms with van der Waals surface area (Å²) in [5, 5.41) is 0. The van der Waals surface area contributed by atoms with E-state index in [9.17, 15) is 14.4 Å².